The number of nitrogens with one attached hydrogen (secondary N) is 1. The highest BCUT2D eigenvalue weighted by molar-refractivity contribution is 5.72. The van der Waals surface area contributed by atoms with Gasteiger partial charge >= 0.3 is 0 Å². The van der Waals surface area contributed by atoms with Crippen LogP contribution in [0, 0.1) is 0 Å². The van der Waals surface area contributed by atoms with E-state index in [0.717, 1.165) is 22.6 Å². The van der Waals surface area contributed by atoms with Gasteiger partial charge in [0, 0.05) is 17.2 Å². The number of ether oxygens (including phenoxy) is 1. The minimum Gasteiger partial charge on any atom is -0.482 e. The molecule has 0 bridgehead atoms. The van der Waals surface area contributed by atoms with Crippen LogP contribution in [-0.4, -0.2) is 10.2 Å². The molecule has 0 saturated heterocycles. The molecule has 0 fully saturated rings. The Balaban J connectivity index is 2.37. The van der Waals surface area contributed by atoms with E-state index in [0.29, 0.717) is 0 Å². The SMILES string of the molecule is CC1(C)Oc2ccccc2-c2n[nH]c(=O)cc21. The zero-order chi connectivity index (χ0) is 12.0. The first-order valence-electron chi connectivity index (χ1n) is 5.46. The molecule has 0 spiro atoms. The molecule has 0 atom stereocenters. The highest BCUT2D eigenvalue weighted by Gasteiger charge is 2.33. The van der Waals surface area contributed by atoms with Crippen LogP contribution in [-0.2, 0) is 5.60 Å². The fourth-order valence-electron chi connectivity index (χ4n) is 2.15. The second-order valence-corrected chi connectivity index (χ2v) is 4.60. The van der Waals surface area contributed by atoms with Gasteiger partial charge in [-0.05, 0) is 26.0 Å². The summed E-state index contributed by atoms with van der Waals surface area (Å²) in [6, 6.07) is 9.25. The number of hydrogen-bond donors (Lipinski definition) is 1. The summed E-state index contributed by atoms with van der Waals surface area (Å²) in [4.78, 5) is 11.4. The van der Waals surface area contributed by atoms with Gasteiger partial charge in [-0.25, -0.2) is 5.10 Å². The number of H-pyrrole nitrogens is 1. The minimum absolute atomic E-state index is 0.209. The van der Waals surface area contributed by atoms with Crippen molar-refractivity contribution in [2.24, 2.45) is 0 Å². The standard InChI is InChI=1S/C13H12N2O2/c1-13(2)9-7-11(16)14-15-12(9)8-5-3-4-6-10(8)17-13/h3-7H,1-2H3,(H,14,16). The fraction of sp³-hybridized carbons (Fsp3) is 0.231. The second-order valence-electron chi connectivity index (χ2n) is 4.60. The molecule has 17 heavy (non-hydrogen) atoms. The molecule has 1 aromatic heterocycles. The lowest BCUT2D eigenvalue weighted by molar-refractivity contribution is 0.105. The quantitative estimate of drug-likeness (QED) is 0.751. The van der Waals surface area contributed by atoms with E-state index in [1.54, 1.807) is 6.07 Å². The topological polar surface area (TPSA) is 55.0 Å². The summed E-state index contributed by atoms with van der Waals surface area (Å²) in [6.07, 6.45) is 0. The van der Waals surface area contributed by atoms with E-state index >= 15 is 0 Å². The smallest absolute Gasteiger partial charge is 0.264 e. The van der Waals surface area contributed by atoms with Gasteiger partial charge < -0.3 is 4.74 Å². The van der Waals surface area contributed by atoms with Crippen molar-refractivity contribution in [3.05, 3.63) is 46.2 Å². The van der Waals surface area contributed by atoms with Crippen molar-refractivity contribution in [1.82, 2.24) is 10.2 Å². The van der Waals surface area contributed by atoms with Gasteiger partial charge in [-0.1, -0.05) is 12.1 Å². The van der Waals surface area contributed by atoms with E-state index in [4.69, 9.17) is 4.74 Å². The van der Waals surface area contributed by atoms with E-state index in [9.17, 15) is 4.79 Å². The van der Waals surface area contributed by atoms with Crippen LogP contribution in [0.5, 0.6) is 5.75 Å². The molecule has 4 nitrogen and oxygen atoms in total. The Bertz CT molecular complexity index is 644. The third-order valence-electron chi connectivity index (χ3n) is 2.96. The zero-order valence-electron chi connectivity index (χ0n) is 9.65. The number of nitrogens with zero attached hydrogens (tertiary/aromatic N) is 1. The van der Waals surface area contributed by atoms with Crippen LogP contribution in [0.25, 0.3) is 11.3 Å². The molecule has 1 aliphatic rings. The molecule has 2 heterocycles. The molecular weight excluding hydrogens is 216 g/mol. The molecule has 0 amide bonds. The van der Waals surface area contributed by atoms with Crippen LogP contribution in [0.4, 0.5) is 0 Å². The maximum Gasteiger partial charge on any atom is 0.264 e. The van der Waals surface area contributed by atoms with Gasteiger partial charge in [0.15, 0.2) is 0 Å². The average molecular weight is 228 g/mol. The lowest BCUT2D eigenvalue weighted by Crippen LogP contribution is -2.31. The Morgan fingerprint density at radius 2 is 2.06 bits per heavy atom. The summed E-state index contributed by atoms with van der Waals surface area (Å²) in [5.41, 5.74) is 1.78. The third kappa shape index (κ3) is 1.45. The number of aromatic amines is 1. The maximum absolute atomic E-state index is 11.4. The van der Waals surface area contributed by atoms with Crippen LogP contribution in [0.15, 0.2) is 35.1 Å². The van der Waals surface area contributed by atoms with E-state index in [2.05, 4.69) is 10.2 Å². The number of aromatic nitrogens is 2. The predicted octanol–water partition coefficient (Wildman–Crippen LogP) is 2.06. The summed E-state index contributed by atoms with van der Waals surface area (Å²) in [7, 11) is 0. The molecule has 1 aromatic carbocycles. The van der Waals surface area contributed by atoms with Crippen LogP contribution < -0.4 is 10.3 Å². The van der Waals surface area contributed by atoms with Crippen molar-refractivity contribution in [3.63, 3.8) is 0 Å². The first-order chi connectivity index (χ1) is 8.08. The van der Waals surface area contributed by atoms with Gasteiger partial charge in [-0.3, -0.25) is 4.79 Å². The number of para-hydroxylation sites is 1. The first-order valence-corrected chi connectivity index (χ1v) is 5.46. The molecule has 0 aliphatic carbocycles. The van der Waals surface area contributed by atoms with Gasteiger partial charge in [-0.15, -0.1) is 0 Å². The Labute approximate surface area is 98.3 Å². The highest BCUT2D eigenvalue weighted by atomic mass is 16.5. The van der Waals surface area contributed by atoms with E-state index < -0.39 is 5.60 Å². The van der Waals surface area contributed by atoms with Gasteiger partial charge in [0.2, 0.25) is 0 Å². The van der Waals surface area contributed by atoms with Crippen molar-refractivity contribution in [1.29, 1.82) is 0 Å². The summed E-state index contributed by atoms with van der Waals surface area (Å²) >= 11 is 0. The van der Waals surface area contributed by atoms with Gasteiger partial charge in [0.05, 0.1) is 0 Å². The molecule has 3 rings (SSSR count). The van der Waals surface area contributed by atoms with Crippen LogP contribution >= 0.6 is 0 Å². The first kappa shape index (κ1) is 10.1. The molecule has 86 valence electrons. The summed E-state index contributed by atoms with van der Waals surface area (Å²) < 4.78 is 5.91. The van der Waals surface area contributed by atoms with Gasteiger partial charge in [-0.2, -0.15) is 5.10 Å². The van der Waals surface area contributed by atoms with Crippen molar-refractivity contribution in [2.75, 3.05) is 0 Å². The molecular formula is C13H12N2O2. The maximum atomic E-state index is 11.4. The van der Waals surface area contributed by atoms with Gasteiger partial charge in [0.1, 0.15) is 17.0 Å². The lowest BCUT2D eigenvalue weighted by atomic mass is 9.90. The summed E-state index contributed by atoms with van der Waals surface area (Å²) in [5, 5.41) is 6.62. The van der Waals surface area contributed by atoms with E-state index in [1.165, 1.54) is 0 Å². The number of benzene rings is 1. The molecule has 0 unspecified atom stereocenters. The second kappa shape index (κ2) is 3.20. The van der Waals surface area contributed by atoms with Crippen LogP contribution in [0.2, 0.25) is 0 Å². The van der Waals surface area contributed by atoms with Crippen LogP contribution in [0.1, 0.15) is 19.4 Å². The molecule has 2 aromatic rings. The molecule has 0 saturated carbocycles. The van der Waals surface area contributed by atoms with E-state index in [1.807, 2.05) is 38.1 Å². The summed E-state index contributed by atoms with van der Waals surface area (Å²) in [5.74, 6) is 0.796. The zero-order valence-corrected chi connectivity index (χ0v) is 9.65. The van der Waals surface area contributed by atoms with Crippen LogP contribution in [0.3, 0.4) is 0 Å². The van der Waals surface area contributed by atoms with E-state index in [-0.39, 0.29) is 5.56 Å². The monoisotopic (exact) mass is 228 g/mol. The Hall–Kier alpha value is -2.10. The molecule has 4 heteroatoms. The Morgan fingerprint density at radius 3 is 2.88 bits per heavy atom. The fourth-order valence-corrected chi connectivity index (χ4v) is 2.15. The van der Waals surface area contributed by atoms with Crippen molar-refractivity contribution in [3.8, 4) is 17.0 Å². The average Bonchev–Trinajstić information content (AvgIpc) is 2.29. The number of hydrogen-bond acceptors (Lipinski definition) is 3. The van der Waals surface area contributed by atoms with Crippen molar-refractivity contribution in [2.45, 2.75) is 19.4 Å². The van der Waals surface area contributed by atoms with Crippen molar-refractivity contribution < 1.29 is 4.74 Å². The molecule has 0 radical (unpaired) electrons. The lowest BCUT2D eigenvalue weighted by Gasteiger charge is -2.33. The van der Waals surface area contributed by atoms with Gasteiger partial charge in [0.25, 0.3) is 5.56 Å². The highest BCUT2D eigenvalue weighted by Crippen LogP contribution is 2.42. The molecule has 1 N–H and O–H groups in total. The third-order valence-corrected chi connectivity index (χ3v) is 2.96. The summed E-state index contributed by atoms with van der Waals surface area (Å²) in [6.45, 7) is 3.87. The Kier molecular flexibility index (Phi) is 1.90. The predicted molar refractivity (Wildman–Crippen MR) is 63.9 cm³/mol. The number of rotatable bonds is 0. The normalized spacial score (nSPS) is 15.6. The van der Waals surface area contributed by atoms with Crippen molar-refractivity contribution >= 4 is 0 Å². The largest absolute Gasteiger partial charge is 0.482 e. The minimum atomic E-state index is -0.537. The number of fused-ring (bicyclic) bond motifs is 3. The Morgan fingerprint density at radius 1 is 1.29 bits per heavy atom. The molecule has 1 aliphatic heterocycles.